The number of hydrogen-bond acceptors (Lipinski definition) is 3. The van der Waals surface area contributed by atoms with Crippen molar-refractivity contribution in [2.45, 2.75) is 24.2 Å². The van der Waals surface area contributed by atoms with Crippen molar-refractivity contribution in [1.82, 2.24) is 9.21 Å². The van der Waals surface area contributed by atoms with Crippen LogP contribution in [0.5, 0.6) is 0 Å². The average Bonchev–Trinajstić information content (AvgIpc) is 2.63. The SMILES string of the molecule is O=C(C[NH+]1CCN(S(=O)(=O)c2ccccc2)CC1)N1CCCCC1. The van der Waals surface area contributed by atoms with Gasteiger partial charge < -0.3 is 9.80 Å². The first-order valence-corrected chi connectivity index (χ1v) is 10.2. The molecule has 0 radical (unpaired) electrons. The number of piperidine rings is 1. The molecule has 0 unspecified atom stereocenters. The highest BCUT2D eigenvalue weighted by molar-refractivity contribution is 7.89. The number of piperazine rings is 1. The minimum atomic E-state index is -3.41. The summed E-state index contributed by atoms with van der Waals surface area (Å²) in [6.07, 6.45) is 3.42. The summed E-state index contributed by atoms with van der Waals surface area (Å²) in [5.74, 6) is 0.212. The van der Waals surface area contributed by atoms with Gasteiger partial charge in [0.1, 0.15) is 0 Å². The Hall–Kier alpha value is -1.44. The van der Waals surface area contributed by atoms with Gasteiger partial charge in [-0.3, -0.25) is 4.79 Å². The zero-order chi connectivity index (χ0) is 17.0. The molecule has 3 rings (SSSR count). The molecule has 0 aromatic heterocycles. The molecule has 1 aromatic rings. The standard InChI is InChI=1S/C17H25N3O3S/c21-17(19-9-5-2-6-10-19)15-18-11-13-20(14-12-18)24(22,23)16-7-3-1-4-8-16/h1,3-4,7-8H,2,5-6,9-15H2/p+1. The number of sulfonamides is 1. The van der Waals surface area contributed by atoms with Crippen molar-refractivity contribution in [3.8, 4) is 0 Å². The van der Waals surface area contributed by atoms with Gasteiger partial charge in [-0.1, -0.05) is 18.2 Å². The van der Waals surface area contributed by atoms with E-state index in [0.717, 1.165) is 25.9 Å². The number of benzene rings is 1. The van der Waals surface area contributed by atoms with Crippen LogP contribution < -0.4 is 4.90 Å². The molecule has 2 heterocycles. The molecule has 0 atom stereocenters. The second-order valence-electron chi connectivity index (χ2n) is 6.59. The van der Waals surface area contributed by atoms with Crippen molar-refractivity contribution in [2.24, 2.45) is 0 Å². The zero-order valence-electron chi connectivity index (χ0n) is 14.0. The molecule has 0 spiro atoms. The third-order valence-electron chi connectivity index (χ3n) is 4.92. The number of nitrogens with zero attached hydrogens (tertiary/aromatic N) is 2. The van der Waals surface area contributed by atoms with E-state index in [9.17, 15) is 13.2 Å². The van der Waals surface area contributed by atoms with E-state index in [1.165, 1.54) is 15.6 Å². The van der Waals surface area contributed by atoms with Crippen LogP contribution in [0.25, 0.3) is 0 Å². The Balaban J connectivity index is 1.53. The van der Waals surface area contributed by atoms with Gasteiger partial charge in [0.15, 0.2) is 6.54 Å². The number of quaternary nitrogens is 1. The van der Waals surface area contributed by atoms with E-state index in [1.54, 1.807) is 24.3 Å². The summed E-state index contributed by atoms with van der Waals surface area (Å²) in [5.41, 5.74) is 0. The van der Waals surface area contributed by atoms with Crippen molar-refractivity contribution in [3.63, 3.8) is 0 Å². The second kappa shape index (κ2) is 7.63. The van der Waals surface area contributed by atoms with Gasteiger partial charge in [-0.2, -0.15) is 4.31 Å². The maximum absolute atomic E-state index is 12.6. The monoisotopic (exact) mass is 352 g/mol. The normalized spacial score (nSPS) is 20.9. The van der Waals surface area contributed by atoms with Crippen molar-refractivity contribution in [3.05, 3.63) is 30.3 Å². The van der Waals surface area contributed by atoms with Gasteiger partial charge in [-0.05, 0) is 31.4 Å². The van der Waals surface area contributed by atoms with Crippen LogP contribution in [0.1, 0.15) is 19.3 Å². The van der Waals surface area contributed by atoms with Gasteiger partial charge in [0.25, 0.3) is 5.91 Å². The van der Waals surface area contributed by atoms with E-state index < -0.39 is 10.0 Å². The first kappa shape index (κ1) is 17.4. The lowest BCUT2D eigenvalue weighted by atomic mass is 10.1. The molecule has 1 aromatic carbocycles. The number of likely N-dealkylation sites (tertiary alicyclic amines) is 1. The summed E-state index contributed by atoms with van der Waals surface area (Å²) in [6.45, 7) is 4.55. The molecule has 1 N–H and O–H groups in total. The van der Waals surface area contributed by atoms with Crippen molar-refractivity contribution < 1.29 is 18.1 Å². The van der Waals surface area contributed by atoms with Gasteiger partial charge in [-0.15, -0.1) is 0 Å². The van der Waals surface area contributed by atoms with Crippen molar-refractivity contribution >= 4 is 15.9 Å². The van der Waals surface area contributed by atoms with Crippen LogP contribution in [-0.2, 0) is 14.8 Å². The molecule has 0 bridgehead atoms. The Morgan fingerprint density at radius 3 is 2.21 bits per heavy atom. The Bertz CT molecular complexity index is 649. The minimum absolute atomic E-state index is 0.212. The van der Waals surface area contributed by atoms with Gasteiger partial charge in [-0.25, -0.2) is 8.42 Å². The Morgan fingerprint density at radius 1 is 0.958 bits per heavy atom. The molecule has 2 aliphatic heterocycles. The molecular weight excluding hydrogens is 326 g/mol. The van der Waals surface area contributed by atoms with Crippen LogP contribution >= 0.6 is 0 Å². The number of nitrogens with one attached hydrogen (secondary N) is 1. The molecule has 0 aliphatic carbocycles. The number of hydrogen-bond donors (Lipinski definition) is 1. The third kappa shape index (κ3) is 3.96. The Morgan fingerprint density at radius 2 is 1.58 bits per heavy atom. The number of carbonyl (C=O) groups excluding carboxylic acids is 1. The number of carbonyl (C=O) groups is 1. The van der Waals surface area contributed by atoms with Gasteiger partial charge >= 0.3 is 0 Å². The summed E-state index contributed by atoms with van der Waals surface area (Å²) in [5, 5.41) is 0. The Kier molecular flexibility index (Phi) is 5.53. The predicted molar refractivity (Wildman–Crippen MR) is 91.2 cm³/mol. The molecule has 24 heavy (non-hydrogen) atoms. The first-order chi connectivity index (χ1) is 11.6. The second-order valence-corrected chi connectivity index (χ2v) is 8.52. The topological polar surface area (TPSA) is 62.1 Å². The van der Waals surface area contributed by atoms with E-state index >= 15 is 0 Å². The van der Waals surface area contributed by atoms with E-state index in [2.05, 4.69) is 0 Å². The maximum Gasteiger partial charge on any atom is 0.277 e. The molecule has 2 aliphatic rings. The lowest BCUT2D eigenvalue weighted by Crippen LogP contribution is -3.15. The van der Waals surface area contributed by atoms with E-state index in [-0.39, 0.29) is 5.91 Å². The van der Waals surface area contributed by atoms with Crippen LogP contribution in [0.4, 0.5) is 0 Å². The van der Waals surface area contributed by atoms with E-state index in [1.807, 2.05) is 11.0 Å². The highest BCUT2D eigenvalue weighted by Gasteiger charge is 2.31. The summed E-state index contributed by atoms with van der Waals surface area (Å²) in [4.78, 5) is 15.8. The summed E-state index contributed by atoms with van der Waals surface area (Å²) in [7, 11) is -3.41. The van der Waals surface area contributed by atoms with Gasteiger partial charge in [0, 0.05) is 13.1 Å². The fourth-order valence-corrected chi connectivity index (χ4v) is 4.89. The van der Waals surface area contributed by atoms with Crippen LogP contribution in [0.2, 0.25) is 0 Å². The van der Waals surface area contributed by atoms with Gasteiger partial charge in [0.2, 0.25) is 10.0 Å². The maximum atomic E-state index is 12.6. The Labute approximate surface area is 144 Å². The summed E-state index contributed by atoms with van der Waals surface area (Å²) < 4.78 is 26.7. The number of amides is 1. The first-order valence-electron chi connectivity index (χ1n) is 8.74. The summed E-state index contributed by atoms with van der Waals surface area (Å²) in [6, 6.07) is 8.56. The quantitative estimate of drug-likeness (QED) is 0.801. The van der Waals surface area contributed by atoms with Gasteiger partial charge in [0.05, 0.1) is 31.1 Å². The lowest BCUT2D eigenvalue weighted by molar-refractivity contribution is -0.896. The van der Waals surface area contributed by atoms with Crippen LogP contribution in [-0.4, -0.2) is 69.3 Å². The number of rotatable bonds is 4. The zero-order valence-corrected chi connectivity index (χ0v) is 14.8. The smallest absolute Gasteiger partial charge is 0.277 e. The molecule has 7 heteroatoms. The third-order valence-corrected chi connectivity index (χ3v) is 6.83. The van der Waals surface area contributed by atoms with Crippen LogP contribution in [0.3, 0.4) is 0 Å². The fourth-order valence-electron chi connectivity index (χ4n) is 3.43. The lowest BCUT2D eigenvalue weighted by Gasteiger charge is -2.33. The fraction of sp³-hybridized carbons (Fsp3) is 0.588. The molecular formula is C17H26N3O3S+. The molecule has 0 saturated carbocycles. The van der Waals surface area contributed by atoms with Crippen LogP contribution in [0.15, 0.2) is 35.2 Å². The molecule has 1 amide bonds. The highest BCUT2D eigenvalue weighted by Crippen LogP contribution is 2.14. The molecule has 6 nitrogen and oxygen atoms in total. The molecule has 132 valence electrons. The van der Waals surface area contributed by atoms with Crippen LogP contribution in [0, 0.1) is 0 Å². The highest BCUT2D eigenvalue weighted by atomic mass is 32.2. The molecule has 2 saturated heterocycles. The van der Waals surface area contributed by atoms with E-state index in [0.29, 0.717) is 37.6 Å². The molecule has 2 fully saturated rings. The van der Waals surface area contributed by atoms with E-state index in [4.69, 9.17) is 0 Å². The van der Waals surface area contributed by atoms with Crippen molar-refractivity contribution in [2.75, 3.05) is 45.8 Å². The average molecular weight is 352 g/mol. The summed E-state index contributed by atoms with van der Waals surface area (Å²) >= 11 is 0. The van der Waals surface area contributed by atoms with Crippen molar-refractivity contribution in [1.29, 1.82) is 0 Å². The largest absolute Gasteiger partial charge is 0.338 e. The predicted octanol–water partition coefficient (Wildman–Crippen LogP) is -0.412. The minimum Gasteiger partial charge on any atom is -0.338 e.